The van der Waals surface area contributed by atoms with Crippen LogP contribution in [0.15, 0.2) is 58.4 Å². The smallest absolute Gasteiger partial charge is 0.267 e. The van der Waals surface area contributed by atoms with Crippen molar-refractivity contribution in [3.8, 4) is 0 Å². The van der Waals surface area contributed by atoms with Crippen LogP contribution in [0.5, 0.6) is 0 Å². The topological polar surface area (TPSA) is 89.2 Å². The second kappa shape index (κ2) is 7.56. The third-order valence-corrected chi connectivity index (χ3v) is 5.61. The minimum atomic E-state index is -0.476. The number of thiazole rings is 1. The maximum Gasteiger partial charge on any atom is 0.292 e. The Bertz CT molecular complexity index is 1290. The number of aromatic nitrogens is 3. The van der Waals surface area contributed by atoms with Crippen molar-refractivity contribution in [3.63, 3.8) is 0 Å². The van der Waals surface area contributed by atoms with Crippen molar-refractivity contribution in [2.75, 3.05) is 0 Å². The van der Waals surface area contributed by atoms with Crippen molar-refractivity contribution in [2.24, 2.45) is 5.10 Å². The molecule has 0 saturated heterocycles. The van der Waals surface area contributed by atoms with Gasteiger partial charge in [-0.2, -0.15) is 10.2 Å². The molecule has 1 N–H and O–H groups in total. The normalized spacial score (nSPS) is 12.1. The van der Waals surface area contributed by atoms with Crippen LogP contribution in [0.3, 0.4) is 0 Å². The van der Waals surface area contributed by atoms with E-state index in [1.54, 1.807) is 31.2 Å². The summed E-state index contributed by atoms with van der Waals surface area (Å²) in [6.45, 7) is 5.49. The van der Waals surface area contributed by atoms with E-state index in [4.69, 9.17) is 0 Å². The summed E-state index contributed by atoms with van der Waals surface area (Å²) in [4.78, 5) is 30.0. The van der Waals surface area contributed by atoms with E-state index >= 15 is 0 Å². The predicted molar refractivity (Wildman–Crippen MR) is 116 cm³/mol. The fraction of sp³-hybridized carbons (Fsp3) is 0.190. The highest BCUT2D eigenvalue weighted by atomic mass is 32.1. The number of rotatable bonds is 4. The van der Waals surface area contributed by atoms with E-state index in [2.05, 4.69) is 20.6 Å². The summed E-state index contributed by atoms with van der Waals surface area (Å²) < 4.78 is 2.38. The molecule has 4 rings (SSSR count). The lowest BCUT2D eigenvalue weighted by Crippen LogP contribution is -2.30. The van der Waals surface area contributed by atoms with Gasteiger partial charge in [0.2, 0.25) is 0 Å². The van der Waals surface area contributed by atoms with Gasteiger partial charge in [-0.15, -0.1) is 11.3 Å². The molecule has 2 aromatic carbocycles. The number of fused-ring (bicyclic) bond motifs is 2. The van der Waals surface area contributed by atoms with Gasteiger partial charge < -0.3 is 0 Å². The third-order valence-electron chi connectivity index (χ3n) is 4.46. The lowest BCUT2D eigenvalue weighted by Gasteiger charge is -2.12. The summed E-state index contributed by atoms with van der Waals surface area (Å²) in [5.74, 6) is -0.476. The van der Waals surface area contributed by atoms with Crippen LogP contribution in [0.4, 0.5) is 0 Å². The molecule has 2 heterocycles. The Hall–Kier alpha value is -3.39. The molecule has 1 amide bonds. The predicted octanol–water partition coefficient (Wildman–Crippen LogP) is 3.74. The molecule has 8 heteroatoms. The number of hydrogen-bond donors (Lipinski definition) is 1. The van der Waals surface area contributed by atoms with E-state index in [-0.39, 0.29) is 17.3 Å². The van der Waals surface area contributed by atoms with E-state index in [0.29, 0.717) is 16.5 Å². The Morgan fingerprint density at radius 2 is 1.79 bits per heavy atom. The van der Waals surface area contributed by atoms with Gasteiger partial charge in [0.1, 0.15) is 5.01 Å². The number of nitrogens with zero attached hydrogens (tertiary/aromatic N) is 4. The van der Waals surface area contributed by atoms with Crippen LogP contribution >= 0.6 is 11.3 Å². The molecule has 0 bridgehead atoms. The van der Waals surface area contributed by atoms with Crippen molar-refractivity contribution in [2.45, 2.75) is 26.8 Å². The molecule has 4 aromatic rings. The van der Waals surface area contributed by atoms with E-state index < -0.39 is 5.91 Å². The maximum atomic E-state index is 12.8. The summed E-state index contributed by atoms with van der Waals surface area (Å²) in [5, 5.41) is 10.2. The maximum absolute atomic E-state index is 12.8. The fourth-order valence-corrected chi connectivity index (χ4v) is 3.90. The molecule has 0 aliphatic carbocycles. The van der Waals surface area contributed by atoms with Gasteiger partial charge in [0.15, 0.2) is 5.69 Å². The number of hydrazone groups is 1. The second-order valence-corrected chi connectivity index (χ2v) is 7.89. The lowest BCUT2D eigenvalue weighted by atomic mass is 10.1. The third kappa shape index (κ3) is 3.54. The molecule has 0 radical (unpaired) electrons. The molecular weight excluding hydrogens is 386 g/mol. The highest BCUT2D eigenvalue weighted by Gasteiger charge is 2.18. The first-order chi connectivity index (χ1) is 14.0. The average molecular weight is 405 g/mol. The van der Waals surface area contributed by atoms with Gasteiger partial charge in [0.25, 0.3) is 11.5 Å². The van der Waals surface area contributed by atoms with Crippen LogP contribution in [0, 0.1) is 0 Å². The minimum absolute atomic E-state index is 0.162. The zero-order valence-corrected chi connectivity index (χ0v) is 17.0. The molecule has 0 saturated carbocycles. The van der Waals surface area contributed by atoms with Gasteiger partial charge in [0, 0.05) is 5.39 Å². The van der Waals surface area contributed by atoms with Gasteiger partial charge in [-0.3, -0.25) is 9.59 Å². The number of hydrogen-bond acceptors (Lipinski definition) is 6. The van der Waals surface area contributed by atoms with Crippen LogP contribution in [0.1, 0.15) is 42.3 Å². The van der Waals surface area contributed by atoms with Crippen LogP contribution < -0.4 is 11.0 Å². The number of carbonyl (C=O) groups is 1. The number of benzene rings is 2. The van der Waals surface area contributed by atoms with Crippen LogP contribution in [0.2, 0.25) is 0 Å². The Labute approximate surface area is 170 Å². The number of para-hydroxylation sites is 1. The molecule has 0 unspecified atom stereocenters. The van der Waals surface area contributed by atoms with Gasteiger partial charge in [0.05, 0.1) is 27.4 Å². The second-order valence-electron chi connectivity index (χ2n) is 6.86. The average Bonchev–Trinajstić information content (AvgIpc) is 3.16. The van der Waals surface area contributed by atoms with Crippen molar-refractivity contribution in [1.29, 1.82) is 0 Å². The summed E-state index contributed by atoms with van der Waals surface area (Å²) in [7, 11) is 0. The molecule has 0 aliphatic heterocycles. The first kappa shape index (κ1) is 18.9. The van der Waals surface area contributed by atoms with E-state index in [0.717, 1.165) is 15.2 Å². The number of amides is 1. The minimum Gasteiger partial charge on any atom is -0.267 e. The largest absolute Gasteiger partial charge is 0.292 e. The van der Waals surface area contributed by atoms with Gasteiger partial charge >= 0.3 is 0 Å². The van der Waals surface area contributed by atoms with Gasteiger partial charge in [-0.05, 0) is 39.0 Å². The van der Waals surface area contributed by atoms with Crippen LogP contribution in [0.25, 0.3) is 21.0 Å². The Kier molecular flexibility index (Phi) is 4.94. The molecular formula is C21H19N5O2S. The monoisotopic (exact) mass is 405 g/mol. The van der Waals surface area contributed by atoms with Crippen molar-refractivity contribution >= 4 is 43.9 Å². The molecule has 7 nitrogen and oxygen atoms in total. The molecule has 0 fully saturated rings. The van der Waals surface area contributed by atoms with Gasteiger partial charge in [-0.1, -0.05) is 30.3 Å². The summed E-state index contributed by atoms with van der Waals surface area (Å²) in [5.41, 5.74) is 3.99. The zero-order chi connectivity index (χ0) is 20.5. The molecule has 2 aromatic heterocycles. The zero-order valence-electron chi connectivity index (χ0n) is 16.2. The Balaban J connectivity index is 1.69. The molecule has 0 spiro atoms. The highest BCUT2D eigenvalue weighted by molar-refractivity contribution is 7.20. The SMILES string of the molecule is C/C(=N/NC(=O)c1nn(C(C)C)c(=O)c2ccccc12)c1nc2ccccc2s1. The standard InChI is InChI=1S/C21H19N5O2S/c1-12(2)26-21(28)15-9-5-4-8-14(15)18(25-26)19(27)24-23-13(3)20-22-16-10-6-7-11-17(16)29-20/h4-12H,1-3H3,(H,24,27)/b23-13-. The fourth-order valence-electron chi connectivity index (χ4n) is 2.99. The van der Waals surface area contributed by atoms with Crippen molar-refractivity contribution in [3.05, 3.63) is 69.6 Å². The first-order valence-corrected chi connectivity index (χ1v) is 9.99. The Morgan fingerprint density at radius 1 is 1.10 bits per heavy atom. The quantitative estimate of drug-likeness (QED) is 0.414. The van der Waals surface area contributed by atoms with E-state index in [1.807, 2.05) is 38.1 Å². The molecule has 0 atom stereocenters. The van der Waals surface area contributed by atoms with Crippen LogP contribution in [-0.4, -0.2) is 26.4 Å². The van der Waals surface area contributed by atoms with E-state index in [9.17, 15) is 9.59 Å². The van der Waals surface area contributed by atoms with Crippen molar-refractivity contribution in [1.82, 2.24) is 20.2 Å². The number of nitrogens with one attached hydrogen (secondary N) is 1. The van der Waals surface area contributed by atoms with E-state index in [1.165, 1.54) is 16.0 Å². The molecule has 146 valence electrons. The van der Waals surface area contributed by atoms with Crippen LogP contribution in [-0.2, 0) is 0 Å². The summed E-state index contributed by atoms with van der Waals surface area (Å²) in [6.07, 6.45) is 0. The highest BCUT2D eigenvalue weighted by Crippen LogP contribution is 2.22. The molecule has 29 heavy (non-hydrogen) atoms. The summed E-state index contributed by atoms with van der Waals surface area (Å²) >= 11 is 1.51. The van der Waals surface area contributed by atoms with Crippen molar-refractivity contribution < 1.29 is 4.79 Å². The lowest BCUT2D eigenvalue weighted by molar-refractivity contribution is 0.0949. The summed E-state index contributed by atoms with van der Waals surface area (Å²) in [6, 6.07) is 14.6. The number of carbonyl (C=O) groups excluding carboxylic acids is 1. The van der Waals surface area contributed by atoms with Gasteiger partial charge in [-0.25, -0.2) is 15.1 Å². The first-order valence-electron chi connectivity index (χ1n) is 9.18. The molecule has 0 aliphatic rings. The Morgan fingerprint density at radius 3 is 2.52 bits per heavy atom.